The van der Waals surface area contributed by atoms with Crippen LogP contribution in [-0.4, -0.2) is 23.6 Å². The number of aliphatic hydroxyl groups excluding tert-OH is 1. The first kappa shape index (κ1) is 13.2. The van der Waals surface area contributed by atoms with Crippen LogP contribution in [0, 0.1) is 17.1 Å². The Balaban J connectivity index is 2.93. The van der Waals surface area contributed by atoms with Crippen molar-refractivity contribution in [1.29, 1.82) is 5.26 Å². The van der Waals surface area contributed by atoms with Gasteiger partial charge in [0.15, 0.2) is 0 Å². The molecule has 0 aliphatic carbocycles. The van der Waals surface area contributed by atoms with E-state index in [0.29, 0.717) is 11.3 Å². The van der Waals surface area contributed by atoms with Crippen LogP contribution in [0.2, 0.25) is 0 Å². The fourth-order valence-electron chi connectivity index (χ4n) is 1.09. The van der Waals surface area contributed by atoms with E-state index in [0.717, 1.165) is 0 Å². The summed E-state index contributed by atoms with van der Waals surface area (Å²) in [6.07, 6.45) is -0.747. The number of benzene rings is 1. The van der Waals surface area contributed by atoms with Gasteiger partial charge in [-0.1, -0.05) is 0 Å². The van der Waals surface area contributed by atoms with E-state index in [-0.39, 0.29) is 16.9 Å². The van der Waals surface area contributed by atoms with Gasteiger partial charge in [-0.15, -0.1) is 11.6 Å². The van der Waals surface area contributed by atoms with E-state index in [1.807, 2.05) is 6.07 Å². The number of anilines is 1. The molecular formula is C10H9BrClFN2O. The number of halogens is 3. The molecule has 0 saturated heterocycles. The van der Waals surface area contributed by atoms with Gasteiger partial charge in [-0.3, -0.25) is 0 Å². The van der Waals surface area contributed by atoms with E-state index < -0.39 is 11.9 Å². The van der Waals surface area contributed by atoms with Crippen LogP contribution in [0.3, 0.4) is 0 Å². The second-order valence-electron chi connectivity index (χ2n) is 3.08. The van der Waals surface area contributed by atoms with Crippen molar-refractivity contribution in [3.05, 3.63) is 28.0 Å². The zero-order chi connectivity index (χ0) is 12.1. The number of aliphatic hydroxyl groups is 1. The number of alkyl halides is 1. The van der Waals surface area contributed by atoms with Crippen LogP contribution in [0.4, 0.5) is 10.1 Å². The van der Waals surface area contributed by atoms with Crippen molar-refractivity contribution in [2.75, 3.05) is 17.7 Å². The van der Waals surface area contributed by atoms with Crippen molar-refractivity contribution in [1.82, 2.24) is 0 Å². The van der Waals surface area contributed by atoms with E-state index in [1.54, 1.807) is 0 Å². The molecule has 1 rings (SSSR count). The largest absolute Gasteiger partial charge is 0.390 e. The molecule has 16 heavy (non-hydrogen) atoms. The number of nitrogens with one attached hydrogen (secondary N) is 1. The van der Waals surface area contributed by atoms with Gasteiger partial charge in [0.25, 0.3) is 0 Å². The van der Waals surface area contributed by atoms with Gasteiger partial charge in [0.05, 0.1) is 27.7 Å². The lowest BCUT2D eigenvalue weighted by atomic mass is 10.2. The summed E-state index contributed by atoms with van der Waals surface area (Å²) in [7, 11) is 0. The van der Waals surface area contributed by atoms with E-state index in [4.69, 9.17) is 16.9 Å². The maximum absolute atomic E-state index is 13.2. The molecular weight excluding hydrogens is 298 g/mol. The molecule has 0 bridgehead atoms. The lowest BCUT2D eigenvalue weighted by molar-refractivity contribution is 0.211. The molecule has 0 radical (unpaired) electrons. The molecule has 2 N–H and O–H groups in total. The third kappa shape index (κ3) is 3.08. The van der Waals surface area contributed by atoms with Crippen LogP contribution in [0.1, 0.15) is 5.56 Å². The molecule has 0 amide bonds. The van der Waals surface area contributed by atoms with Crippen molar-refractivity contribution >= 4 is 33.2 Å². The van der Waals surface area contributed by atoms with Crippen molar-refractivity contribution < 1.29 is 9.50 Å². The lowest BCUT2D eigenvalue weighted by Crippen LogP contribution is -2.21. The number of nitrogens with zero attached hydrogens (tertiary/aromatic N) is 1. The average molecular weight is 308 g/mol. The predicted molar refractivity (Wildman–Crippen MR) is 64.0 cm³/mol. The van der Waals surface area contributed by atoms with Gasteiger partial charge >= 0.3 is 0 Å². The fourth-order valence-corrected chi connectivity index (χ4v) is 1.69. The van der Waals surface area contributed by atoms with Crippen molar-refractivity contribution in [2.24, 2.45) is 0 Å². The minimum Gasteiger partial charge on any atom is -0.390 e. The molecule has 0 spiro atoms. The summed E-state index contributed by atoms with van der Waals surface area (Å²) < 4.78 is 13.4. The minimum absolute atomic E-state index is 0.0713. The third-order valence-corrected chi connectivity index (χ3v) is 3.04. The summed E-state index contributed by atoms with van der Waals surface area (Å²) in [5.41, 5.74) is 0.627. The molecule has 1 unspecified atom stereocenters. The van der Waals surface area contributed by atoms with Gasteiger partial charge in [0, 0.05) is 6.54 Å². The van der Waals surface area contributed by atoms with Crippen LogP contribution in [0.15, 0.2) is 16.6 Å². The number of hydrogen-bond acceptors (Lipinski definition) is 3. The molecule has 6 heteroatoms. The normalized spacial score (nSPS) is 11.9. The minimum atomic E-state index is -0.747. The summed E-state index contributed by atoms with van der Waals surface area (Å²) in [6, 6.07) is 4.50. The Kier molecular flexibility index (Phi) is 5.00. The van der Waals surface area contributed by atoms with Gasteiger partial charge in [-0.2, -0.15) is 5.26 Å². The smallest absolute Gasteiger partial charge is 0.139 e. The summed E-state index contributed by atoms with van der Waals surface area (Å²) in [5.74, 6) is -0.399. The first-order valence-electron chi connectivity index (χ1n) is 4.46. The number of rotatable bonds is 4. The number of nitriles is 1. The van der Waals surface area contributed by atoms with Gasteiger partial charge in [0.1, 0.15) is 11.9 Å². The quantitative estimate of drug-likeness (QED) is 0.840. The predicted octanol–water partition coefficient (Wildman–Crippen LogP) is 2.47. The molecule has 0 fully saturated rings. The molecule has 1 aromatic rings. The van der Waals surface area contributed by atoms with Crippen LogP contribution in [0.25, 0.3) is 0 Å². The topological polar surface area (TPSA) is 56.0 Å². The Bertz CT molecular complexity index is 422. The molecule has 1 atom stereocenters. The van der Waals surface area contributed by atoms with Crippen LogP contribution >= 0.6 is 27.5 Å². The SMILES string of the molecule is N#Cc1ccc(F)c(Br)c1NCC(O)CCl. The fraction of sp³-hybridized carbons (Fsp3) is 0.300. The van der Waals surface area contributed by atoms with Gasteiger partial charge < -0.3 is 10.4 Å². The molecule has 86 valence electrons. The zero-order valence-electron chi connectivity index (χ0n) is 8.17. The third-order valence-electron chi connectivity index (χ3n) is 1.91. The molecule has 3 nitrogen and oxygen atoms in total. The maximum Gasteiger partial charge on any atom is 0.139 e. The van der Waals surface area contributed by atoms with Gasteiger partial charge in [-0.05, 0) is 28.1 Å². The number of hydrogen-bond donors (Lipinski definition) is 2. The monoisotopic (exact) mass is 306 g/mol. The van der Waals surface area contributed by atoms with E-state index in [1.165, 1.54) is 12.1 Å². The highest BCUT2D eigenvalue weighted by atomic mass is 79.9. The summed E-state index contributed by atoms with van der Waals surface area (Å²) in [5, 5.41) is 20.9. The summed E-state index contributed by atoms with van der Waals surface area (Å²) in [6.45, 7) is 0.153. The molecule has 0 aliphatic rings. The Morgan fingerprint density at radius 1 is 1.62 bits per heavy atom. The first-order valence-corrected chi connectivity index (χ1v) is 5.79. The summed E-state index contributed by atoms with van der Waals surface area (Å²) in [4.78, 5) is 0. The Labute approximate surface area is 106 Å². The molecule has 0 heterocycles. The zero-order valence-corrected chi connectivity index (χ0v) is 10.5. The maximum atomic E-state index is 13.2. The van der Waals surface area contributed by atoms with Crippen LogP contribution < -0.4 is 5.32 Å². The highest BCUT2D eigenvalue weighted by molar-refractivity contribution is 9.10. The highest BCUT2D eigenvalue weighted by Gasteiger charge is 2.12. The molecule has 0 saturated carbocycles. The Morgan fingerprint density at radius 3 is 2.88 bits per heavy atom. The molecule has 0 aliphatic heterocycles. The Hall–Kier alpha value is -0.830. The van der Waals surface area contributed by atoms with Crippen LogP contribution in [0.5, 0.6) is 0 Å². The Morgan fingerprint density at radius 2 is 2.31 bits per heavy atom. The summed E-state index contributed by atoms with van der Waals surface area (Å²) >= 11 is 8.46. The van der Waals surface area contributed by atoms with Crippen molar-refractivity contribution in [3.63, 3.8) is 0 Å². The highest BCUT2D eigenvalue weighted by Crippen LogP contribution is 2.28. The van der Waals surface area contributed by atoms with E-state index >= 15 is 0 Å². The molecule has 0 aromatic heterocycles. The standard InChI is InChI=1S/C10H9BrClFN2O/c11-9-8(13)2-1-6(4-14)10(9)15-5-7(16)3-12/h1-2,7,15-16H,3,5H2. The van der Waals surface area contributed by atoms with Gasteiger partial charge in [0.2, 0.25) is 0 Å². The lowest BCUT2D eigenvalue weighted by Gasteiger charge is -2.13. The first-order chi connectivity index (χ1) is 7.60. The van der Waals surface area contributed by atoms with E-state index in [2.05, 4.69) is 21.2 Å². The average Bonchev–Trinajstić information content (AvgIpc) is 2.30. The molecule has 1 aromatic carbocycles. The van der Waals surface area contributed by atoms with Gasteiger partial charge in [-0.25, -0.2) is 4.39 Å². The van der Waals surface area contributed by atoms with Crippen LogP contribution in [-0.2, 0) is 0 Å². The van der Waals surface area contributed by atoms with E-state index in [9.17, 15) is 9.50 Å². The van der Waals surface area contributed by atoms with Crippen molar-refractivity contribution in [2.45, 2.75) is 6.10 Å². The van der Waals surface area contributed by atoms with Crippen molar-refractivity contribution in [3.8, 4) is 6.07 Å². The second kappa shape index (κ2) is 6.04. The second-order valence-corrected chi connectivity index (χ2v) is 4.19.